The van der Waals surface area contributed by atoms with Gasteiger partial charge >= 0.3 is 0 Å². The predicted molar refractivity (Wildman–Crippen MR) is 134 cm³/mol. The summed E-state index contributed by atoms with van der Waals surface area (Å²) in [5, 5.41) is 7.26. The number of nitrogens with two attached hydrogens (primary N) is 1. The van der Waals surface area contributed by atoms with E-state index < -0.39 is 10.8 Å². The first kappa shape index (κ1) is 23.4. The fourth-order valence-corrected chi connectivity index (χ4v) is 4.36. The monoisotopic (exact) mass is 471 g/mol. The third-order valence-electron chi connectivity index (χ3n) is 5.15. The van der Waals surface area contributed by atoms with Gasteiger partial charge in [-0.15, -0.1) is 0 Å². The van der Waals surface area contributed by atoms with Gasteiger partial charge in [-0.25, -0.2) is 9.97 Å². The van der Waals surface area contributed by atoms with Crippen LogP contribution < -0.4 is 11.1 Å². The van der Waals surface area contributed by atoms with Crippen LogP contribution in [0.3, 0.4) is 0 Å². The maximum atomic E-state index is 12.5. The Morgan fingerprint density at radius 2 is 2.00 bits per heavy atom. The summed E-state index contributed by atoms with van der Waals surface area (Å²) in [4.78, 5) is 9.82. The van der Waals surface area contributed by atoms with Crippen LogP contribution >= 0.6 is 0 Å². The number of hydrogen-bond donors (Lipinski definition) is 2. The van der Waals surface area contributed by atoms with Gasteiger partial charge in [0, 0.05) is 41.2 Å². The number of rotatable bonds is 7. The van der Waals surface area contributed by atoms with Crippen molar-refractivity contribution in [3.05, 3.63) is 64.8 Å². The van der Waals surface area contributed by atoms with Crippen molar-refractivity contribution < 1.29 is 8.73 Å². The molecule has 7 nitrogen and oxygen atoms in total. The molecule has 1 aliphatic carbocycles. The van der Waals surface area contributed by atoms with Crippen molar-refractivity contribution >= 4 is 22.2 Å². The number of allylic oxidation sites excluding steroid dienone is 4. The topological polar surface area (TPSA) is 107 Å². The molecule has 8 heteroatoms. The average Bonchev–Trinajstić information content (AvgIpc) is 3.30. The van der Waals surface area contributed by atoms with Gasteiger partial charge in [0.2, 0.25) is 0 Å². The molecule has 1 atom stereocenters. The minimum absolute atomic E-state index is 0.0299. The third kappa shape index (κ3) is 5.26. The van der Waals surface area contributed by atoms with Crippen molar-refractivity contribution in [2.45, 2.75) is 38.5 Å². The molecule has 3 aromatic rings. The van der Waals surface area contributed by atoms with Crippen LogP contribution in [0, 0.1) is 24.0 Å². The minimum Gasteiger partial charge on any atom is -0.382 e. The molecule has 4 rings (SSSR count). The Hall–Kier alpha value is -3.72. The average molecular weight is 472 g/mol. The summed E-state index contributed by atoms with van der Waals surface area (Å²) in [7, 11) is 0.802. The summed E-state index contributed by atoms with van der Waals surface area (Å²) in [5.41, 5.74) is 10.4. The van der Waals surface area contributed by atoms with E-state index in [9.17, 15) is 4.21 Å². The lowest BCUT2D eigenvalue weighted by Gasteiger charge is -2.10. The number of anilines is 1. The van der Waals surface area contributed by atoms with Crippen molar-refractivity contribution in [2.75, 3.05) is 12.8 Å². The van der Waals surface area contributed by atoms with E-state index in [-0.39, 0.29) is 11.1 Å². The molecule has 1 aliphatic rings. The second kappa shape index (κ2) is 10.5. The van der Waals surface area contributed by atoms with Crippen LogP contribution in [0.25, 0.3) is 28.3 Å². The largest absolute Gasteiger partial charge is 0.382 e. The van der Waals surface area contributed by atoms with E-state index >= 15 is 0 Å². The van der Waals surface area contributed by atoms with Crippen LogP contribution in [0.1, 0.15) is 37.9 Å². The number of nitrogen functional groups attached to an aromatic ring is 1. The van der Waals surface area contributed by atoms with E-state index in [2.05, 4.69) is 39.4 Å². The molecule has 0 spiro atoms. The predicted octanol–water partition coefficient (Wildman–Crippen LogP) is 3.92. The second-order valence-corrected chi connectivity index (χ2v) is 10.1. The molecule has 3 N–H and O–H groups in total. The van der Waals surface area contributed by atoms with Crippen LogP contribution in [-0.2, 0) is 17.3 Å². The Kier molecular flexibility index (Phi) is 7.22. The first-order valence-electron chi connectivity index (χ1n) is 10.9. The number of nitrogens with one attached hydrogen (secondary N) is 1. The third-order valence-corrected chi connectivity index (χ3v) is 6.80. The SMILES string of the molecule is CNCc1c#cc(-c2cc(-c3nc(/C4=C/C=C(/S(=O)C(C)C)CC#CC4)cnc3N)on2)cc1. The molecule has 2 heterocycles. The van der Waals surface area contributed by atoms with Gasteiger partial charge in [-0.1, -0.05) is 49.1 Å². The number of nitrogens with zero attached hydrogens (tertiary/aromatic N) is 3. The first-order valence-corrected chi connectivity index (χ1v) is 12.1. The maximum Gasteiger partial charge on any atom is 0.189 e. The number of hydrogen-bond acceptors (Lipinski definition) is 7. The van der Waals surface area contributed by atoms with Crippen molar-refractivity contribution in [3.63, 3.8) is 0 Å². The first-order chi connectivity index (χ1) is 16.5. The highest BCUT2D eigenvalue weighted by Gasteiger charge is 2.17. The highest BCUT2D eigenvalue weighted by atomic mass is 32.2. The van der Waals surface area contributed by atoms with Crippen molar-refractivity contribution in [2.24, 2.45) is 0 Å². The normalized spacial score (nSPS) is 17.3. The number of aromatic nitrogens is 3. The van der Waals surface area contributed by atoms with Gasteiger partial charge in [-0.2, -0.15) is 0 Å². The van der Waals surface area contributed by atoms with E-state index in [1.807, 2.05) is 45.2 Å². The van der Waals surface area contributed by atoms with Crippen LogP contribution in [-0.4, -0.2) is 31.6 Å². The smallest absolute Gasteiger partial charge is 0.189 e. The fourth-order valence-electron chi connectivity index (χ4n) is 3.34. The minimum atomic E-state index is -1.08. The Morgan fingerprint density at radius 3 is 2.74 bits per heavy atom. The Bertz CT molecular complexity index is 1330. The summed E-state index contributed by atoms with van der Waals surface area (Å²) in [6.45, 7) is 4.58. The summed E-state index contributed by atoms with van der Waals surface area (Å²) < 4.78 is 18.1. The molecule has 34 heavy (non-hydrogen) atoms. The molecule has 1 aromatic carbocycles. The van der Waals surface area contributed by atoms with E-state index in [0.717, 1.165) is 21.6 Å². The van der Waals surface area contributed by atoms with Gasteiger partial charge in [0.05, 0.1) is 28.3 Å². The molecule has 0 saturated heterocycles. The van der Waals surface area contributed by atoms with Gasteiger partial charge in [-0.05, 0) is 30.8 Å². The van der Waals surface area contributed by atoms with Crippen molar-refractivity contribution in [3.8, 4) is 34.6 Å². The maximum absolute atomic E-state index is 12.5. The second-order valence-electron chi connectivity index (χ2n) is 8.00. The fraction of sp³-hybridized carbons (Fsp3) is 0.269. The van der Waals surface area contributed by atoms with Gasteiger partial charge < -0.3 is 15.6 Å². The zero-order valence-electron chi connectivity index (χ0n) is 19.3. The molecule has 2 aromatic heterocycles. The molecule has 172 valence electrons. The zero-order chi connectivity index (χ0) is 24.1. The molecule has 0 amide bonds. The Labute approximate surface area is 202 Å². The highest BCUT2D eigenvalue weighted by molar-refractivity contribution is 7.89. The lowest BCUT2D eigenvalue weighted by molar-refractivity contribution is 0.433. The molecule has 0 bridgehead atoms. The van der Waals surface area contributed by atoms with Crippen molar-refractivity contribution in [1.82, 2.24) is 20.4 Å². The van der Waals surface area contributed by atoms with Crippen LogP contribution in [0.5, 0.6) is 0 Å². The van der Waals surface area contributed by atoms with E-state index in [4.69, 9.17) is 15.2 Å². The molecule has 1 unspecified atom stereocenters. The van der Waals surface area contributed by atoms with E-state index in [0.29, 0.717) is 42.2 Å². The van der Waals surface area contributed by atoms with E-state index in [1.165, 1.54) is 0 Å². The molecular formula is C26H25N5O2S. The summed E-state index contributed by atoms with van der Waals surface area (Å²) >= 11 is 0. The van der Waals surface area contributed by atoms with E-state index in [1.54, 1.807) is 12.3 Å². The molecular weight excluding hydrogens is 446 g/mol. The molecule has 0 saturated carbocycles. The summed E-state index contributed by atoms with van der Waals surface area (Å²) in [6.07, 6.45) is 6.41. The lowest BCUT2D eigenvalue weighted by Crippen LogP contribution is -2.08. The van der Waals surface area contributed by atoms with Gasteiger partial charge in [0.25, 0.3) is 0 Å². The van der Waals surface area contributed by atoms with Crippen molar-refractivity contribution in [1.29, 1.82) is 0 Å². The van der Waals surface area contributed by atoms with Gasteiger partial charge in [0.1, 0.15) is 5.69 Å². The zero-order valence-corrected chi connectivity index (χ0v) is 20.1. The molecule has 0 aliphatic heterocycles. The Morgan fingerprint density at radius 1 is 1.18 bits per heavy atom. The molecule has 0 radical (unpaired) electrons. The van der Waals surface area contributed by atoms with Crippen LogP contribution in [0.4, 0.5) is 5.82 Å². The standard InChI is InChI=1S/C26H25N5O2S/c1-17(2)34(32)21-7-5-4-6-19(12-13-21)23-16-29-26(27)25(30-23)24-14-22(31-33-24)20-10-8-18(9-11-20)15-28-3/h8,10,12-14,16-17,28H,6-7,15H2,1-3H3,(H2,27,29)/b19-12+,21-13+. The molecule has 0 fully saturated rings. The summed E-state index contributed by atoms with van der Waals surface area (Å²) in [5.74, 6) is 6.88. The van der Waals surface area contributed by atoms with Gasteiger partial charge in [-0.3, -0.25) is 4.21 Å². The lowest BCUT2D eigenvalue weighted by atomic mass is 10.1. The van der Waals surface area contributed by atoms with Crippen LogP contribution in [0.15, 0.2) is 46.0 Å². The highest BCUT2D eigenvalue weighted by Crippen LogP contribution is 2.29. The van der Waals surface area contributed by atoms with Crippen LogP contribution in [0.2, 0.25) is 0 Å². The van der Waals surface area contributed by atoms with Gasteiger partial charge in [0.15, 0.2) is 17.3 Å². The summed E-state index contributed by atoms with van der Waals surface area (Å²) in [6, 6.07) is 11.9. The Balaban J connectivity index is 1.64. The quantitative estimate of drug-likeness (QED) is 0.503.